The quantitative estimate of drug-likeness (QED) is 0.853. The molecule has 1 heterocycles. The van der Waals surface area contributed by atoms with Crippen LogP contribution in [0, 0.1) is 0 Å². The first-order valence-electron chi connectivity index (χ1n) is 7.31. The Balaban J connectivity index is 1.99. The van der Waals surface area contributed by atoms with Crippen molar-refractivity contribution in [2.45, 2.75) is 39.8 Å². The number of carbonyl (C=O) groups is 1. The van der Waals surface area contributed by atoms with Crippen LogP contribution in [0.15, 0.2) is 40.8 Å². The number of anilines is 1. The number of hydrogen-bond acceptors (Lipinski definition) is 3. The molecule has 1 amide bonds. The first-order valence-corrected chi connectivity index (χ1v) is 7.31. The summed E-state index contributed by atoms with van der Waals surface area (Å²) in [6.45, 7) is 6.56. The fraction of sp³-hybridized carbons (Fsp3) is 0.353. The summed E-state index contributed by atoms with van der Waals surface area (Å²) >= 11 is 0. The monoisotopic (exact) mass is 286 g/mol. The maximum absolute atomic E-state index is 12.0. The van der Waals surface area contributed by atoms with Crippen molar-refractivity contribution in [2.75, 3.05) is 5.32 Å². The van der Waals surface area contributed by atoms with Crippen LogP contribution in [0.2, 0.25) is 0 Å². The van der Waals surface area contributed by atoms with E-state index in [0.29, 0.717) is 12.1 Å². The second-order valence-electron chi connectivity index (χ2n) is 5.28. The summed E-state index contributed by atoms with van der Waals surface area (Å²) in [6.07, 6.45) is 0.894. The van der Waals surface area contributed by atoms with Crippen LogP contribution < -0.4 is 10.6 Å². The van der Waals surface area contributed by atoms with Crippen molar-refractivity contribution in [3.8, 4) is 0 Å². The van der Waals surface area contributed by atoms with E-state index in [2.05, 4.69) is 17.6 Å². The predicted molar refractivity (Wildman–Crippen MR) is 84.5 cm³/mol. The summed E-state index contributed by atoms with van der Waals surface area (Å²) < 4.78 is 5.64. The van der Waals surface area contributed by atoms with E-state index >= 15 is 0 Å². The normalized spacial score (nSPS) is 10.7. The van der Waals surface area contributed by atoms with Gasteiger partial charge in [-0.15, -0.1) is 0 Å². The lowest BCUT2D eigenvalue weighted by Crippen LogP contribution is -2.30. The van der Waals surface area contributed by atoms with E-state index in [-0.39, 0.29) is 11.9 Å². The molecule has 0 saturated carbocycles. The highest BCUT2D eigenvalue weighted by molar-refractivity contribution is 5.95. The van der Waals surface area contributed by atoms with Gasteiger partial charge >= 0.3 is 0 Å². The maximum atomic E-state index is 12.0. The van der Waals surface area contributed by atoms with Gasteiger partial charge in [-0.25, -0.2) is 0 Å². The number of hydrogen-bond donors (Lipinski definition) is 2. The van der Waals surface area contributed by atoms with Gasteiger partial charge in [0.15, 0.2) is 0 Å². The Morgan fingerprint density at radius 2 is 1.95 bits per heavy atom. The Morgan fingerprint density at radius 1 is 1.19 bits per heavy atom. The Hall–Kier alpha value is -2.23. The molecule has 0 fully saturated rings. The van der Waals surface area contributed by atoms with Gasteiger partial charge in [0.25, 0.3) is 5.91 Å². The van der Waals surface area contributed by atoms with Gasteiger partial charge in [0.2, 0.25) is 0 Å². The smallest absolute Gasteiger partial charge is 0.251 e. The molecule has 1 aromatic heterocycles. The van der Waals surface area contributed by atoms with Crippen LogP contribution in [0.4, 0.5) is 5.69 Å². The zero-order chi connectivity index (χ0) is 15.2. The van der Waals surface area contributed by atoms with Crippen molar-refractivity contribution in [1.82, 2.24) is 5.32 Å². The van der Waals surface area contributed by atoms with E-state index in [1.54, 1.807) is 0 Å². The van der Waals surface area contributed by atoms with Gasteiger partial charge in [-0.2, -0.15) is 0 Å². The Labute approximate surface area is 125 Å². The number of amides is 1. The van der Waals surface area contributed by atoms with Gasteiger partial charge in [-0.1, -0.05) is 13.0 Å². The van der Waals surface area contributed by atoms with E-state index < -0.39 is 0 Å². The van der Waals surface area contributed by atoms with Gasteiger partial charge in [-0.05, 0) is 44.2 Å². The van der Waals surface area contributed by atoms with Gasteiger partial charge in [0.05, 0.1) is 6.54 Å². The van der Waals surface area contributed by atoms with Gasteiger partial charge in [0.1, 0.15) is 11.5 Å². The fourth-order valence-corrected chi connectivity index (χ4v) is 2.01. The molecule has 4 heteroatoms. The molecule has 0 aliphatic heterocycles. The highest BCUT2D eigenvalue weighted by Gasteiger charge is 2.07. The van der Waals surface area contributed by atoms with Crippen molar-refractivity contribution in [2.24, 2.45) is 0 Å². The standard InChI is InChI=1S/C17H22N2O2/c1-4-15-8-9-16(21-15)11-18-14-7-5-6-13(10-14)17(20)19-12(2)3/h5-10,12,18H,4,11H2,1-3H3,(H,19,20). The van der Waals surface area contributed by atoms with E-state index in [9.17, 15) is 4.79 Å². The molecular formula is C17H22N2O2. The van der Waals surface area contributed by atoms with Crippen LogP contribution in [0.25, 0.3) is 0 Å². The number of carbonyl (C=O) groups excluding carboxylic acids is 1. The Morgan fingerprint density at radius 3 is 2.62 bits per heavy atom. The molecule has 1 aromatic carbocycles. The molecule has 0 unspecified atom stereocenters. The largest absolute Gasteiger partial charge is 0.464 e. The van der Waals surface area contributed by atoms with Crippen molar-refractivity contribution in [3.63, 3.8) is 0 Å². The lowest BCUT2D eigenvalue weighted by Gasteiger charge is -2.10. The second-order valence-corrected chi connectivity index (χ2v) is 5.28. The minimum atomic E-state index is -0.0556. The van der Waals surface area contributed by atoms with Gasteiger partial charge < -0.3 is 15.1 Å². The van der Waals surface area contributed by atoms with E-state index in [1.165, 1.54) is 0 Å². The zero-order valence-electron chi connectivity index (χ0n) is 12.8. The molecule has 0 saturated heterocycles. The first kappa shape index (κ1) is 15.2. The minimum absolute atomic E-state index is 0.0556. The number of nitrogens with one attached hydrogen (secondary N) is 2. The van der Waals surface area contributed by atoms with E-state index in [1.807, 2.05) is 50.2 Å². The van der Waals surface area contributed by atoms with Crippen LogP contribution in [0.5, 0.6) is 0 Å². The van der Waals surface area contributed by atoms with Crippen LogP contribution in [-0.2, 0) is 13.0 Å². The molecule has 112 valence electrons. The topological polar surface area (TPSA) is 54.3 Å². The summed E-state index contributed by atoms with van der Waals surface area (Å²) in [7, 11) is 0. The molecule has 2 aromatic rings. The third-order valence-electron chi connectivity index (χ3n) is 3.08. The van der Waals surface area contributed by atoms with E-state index in [4.69, 9.17) is 4.42 Å². The van der Waals surface area contributed by atoms with Crippen molar-refractivity contribution in [1.29, 1.82) is 0 Å². The first-order chi connectivity index (χ1) is 10.1. The Bertz CT molecular complexity index is 602. The number of benzene rings is 1. The van der Waals surface area contributed by atoms with Crippen molar-refractivity contribution >= 4 is 11.6 Å². The van der Waals surface area contributed by atoms with Crippen LogP contribution >= 0.6 is 0 Å². The molecule has 0 spiro atoms. The second kappa shape index (κ2) is 6.97. The SMILES string of the molecule is CCc1ccc(CNc2cccc(C(=O)NC(C)C)c2)o1. The van der Waals surface area contributed by atoms with Gasteiger partial charge in [-0.3, -0.25) is 4.79 Å². The molecule has 0 aliphatic rings. The Kier molecular flexibility index (Phi) is 5.04. The summed E-state index contributed by atoms with van der Waals surface area (Å²) in [6, 6.07) is 11.6. The highest BCUT2D eigenvalue weighted by atomic mass is 16.3. The third-order valence-corrected chi connectivity index (χ3v) is 3.08. The van der Waals surface area contributed by atoms with Crippen LogP contribution in [0.1, 0.15) is 42.6 Å². The molecular weight excluding hydrogens is 264 g/mol. The molecule has 2 N–H and O–H groups in total. The zero-order valence-corrected chi connectivity index (χ0v) is 12.8. The molecule has 21 heavy (non-hydrogen) atoms. The molecule has 0 atom stereocenters. The third kappa shape index (κ3) is 4.38. The molecule has 0 radical (unpaired) electrons. The predicted octanol–water partition coefficient (Wildman–Crippen LogP) is 3.59. The lowest BCUT2D eigenvalue weighted by molar-refractivity contribution is 0.0943. The molecule has 4 nitrogen and oxygen atoms in total. The number of aryl methyl sites for hydroxylation is 1. The average Bonchev–Trinajstić information content (AvgIpc) is 2.93. The van der Waals surface area contributed by atoms with Crippen molar-refractivity contribution in [3.05, 3.63) is 53.5 Å². The average molecular weight is 286 g/mol. The molecule has 0 aliphatic carbocycles. The maximum Gasteiger partial charge on any atom is 0.251 e. The summed E-state index contributed by atoms with van der Waals surface area (Å²) in [5, 5.41) is 6.16. The van der Waals surface area contributed by atoms with Crippen molar-refractivity contribution < 1.29 is 9.21 Å². The van der Waals surface area contributed by atoms with Crippen LogP contribution in [-0.4, -0.2) is 11.9 Å². The molecule has 0 bridgehead atoms. The number of furan rings is 1. The highest BCUT2D eigenvalue weighted by Crippen LogP contribution is 2.14. The van der Waals surface area contributed by atoms with E-state index in [0.717, 1.165) is 23.6 Å². The lowest BCUT2D eigenvalue weighted by atomic mass is 10.1. The number of rotatable bonds is 6. The summed E-state index contributed by atoms with van der Waals surface area (Å²) in [5.74, 6) is 1.82. The van der Waals surface area contributed by atoms with Crippen LogP contribution in [0.3, 0.4) is 0 Å². The summed E-state index contributed by atoms with van der Waals surface area (Å²) in [5.41, 5.74) is 1.56. The minimum Gasteiger partial charge on any atom is -0.464 e. The fourth-order valence-electron chi connectivity index (χ4n) is 2.01. The summed E-state index contributed by atoms with van der Waals surface area (Å²) in [4.78, 5) is 12.0. The van der Waals surface area contributed by atoms with Gasteiger partial charge in [0, 0.05) is 23.7 Å². The molecule has 2 rings (SSSR count).